The summed E-state index contributed by atoms with van der Waals surface area (Å²) >= 11 is 1.48. The molecule has 0 radical (unpaired) electrons. The van der Waals surface area contributed by atoms with Gasteiger partial charge in [0.05, 0.1) is 29.2 Å². The van der Waals surface area contributed by atoms with Crippen LogP contribution in [0, 0.1) is 0 Å². The van der Waals surface area contributed by atoms with Crippen LogP contribution in [0.2, 0.25) is 0 Å². The van der Waals surface area contributed by atoms with Crippen molar-refractivity contribution in [3.05, 3.63) is 94.5 Å². The van der Waals surface area contributed by atoms with Crippen molar-refractivity contribution >= 4 is 46.3 Å². The van der Waals surface area contributed by atoms with E-state index in [-0.39, 0.29) is 17.7 Å². The Balaban J connectivity index is 1.05. The summed E-state index contributed by atoms with van der Waals surface area (Å²) in [6, 6.07) is 20.4. The fraction of sp³-hybridized carbons (Fsp3) is 0.314. The lowest BCUT2D eigenvalue weighted by atomic mass is 9.93. The molecule has 2 aliphatic heterocycles. The number of nitrogens with zero attached hydrogens (tertiary/aromatic N) is 4. The molecule has 1 aliphatic carbocycles. The molecular weight excluding hydrogens is 600 g/mol. The number of para-hydroxylation sites is 1. The molecule has 1 saturated heterocycles. The van der Waals surface area contributed by atoms with E-state index in [2.05, 4.69) is 15.6 Å². The van der Waals surface area contributed by atoms with E-state index in [4.69, 9.17) is 0 Å². The number of amides is 3. The molecule has 2 fully saturated rings. The first-order valence-corrected chi connectivity index (χ1v) is 16.3. The first-order valence-electron chi connectivity index (χ1n) is 15.5. The summed E-state index contributed by atoms with van der Waals surface area (Å²) in [5.74, 6) is 0.0533. The highest BCUT2D eigenvalue weighted by atomic mass is 32.1. The summed E-state index contributed by atoms with van der Waals surface area (Å²) in [6.45, 7) is 1.79. The van der Waals surface area contributed by atoms with Gasteiger partial charge in [0.2, 0.25) is 0 Å². The number of likely N-dealkylation sites (N-methyl/N-ethyl adjacent to an activating group) is 1. The van der Waals surface area contributed by atoms with Crippen molar-refractivity contribution in [2.24, 2.45) is 0 Å². The molecule has 0 unspecified atom stereocenters. The van der Waals surface area contributed by atoms with E-state index in [1.54, 1.807) is 47.5 Å². The molecule has 2 aromatic heterocycles. The fourth-order valence-electron chi connectivity index (χ4n) is 6.28. The van der Waals surface area contributed by atoms with Gasteiger partial charge in [0.25, 0.3) is 17.7 Å². The van der Waals surface area contributed by atoms with Crippen molar-refractivity contribution < 1.29 is 19.5 Å². The zero-order valence-electron chi connectivity index (χ0n) is 25.8. The summed E-state index contributed by atoms with van der Waals surface area (Å²) in [4.78, 5) is 51.7. The lowest BCUT2D eigenvalue weighted by molar-refractivity contribution is -0.00961. The Morgan fingerprint density at radius 3 is 2.52 bits per heavy atom. The van der Waals surface area contributed by atoms with Crippen LogP contribution in [-0.4, -0.2) is 84.6 Å². The van der Waals surface area contributed by atoms with Crippen molar-refractivity contribution in [3.63, 3.8) is 0 Å². The second-order valence-corrected chi connectivity index (χ2v) is 13.7. The molecule has 7 rings (SSSR count). The van der Waals surface area contributed by atoms with E-state index in [0.29, 0.717) is 66.2 Å². The second kappa shape index (κ2) is 12.0. The maximum atomic E-state index is 13.9. The number of carbonyl (C=O) groups is 3. The van der Waals surface area contributed by atoms with Gasteiger partial charge in [-0.1, -0.05) is 18.2 Å². The Morgan fingerprint density at radius 1 is 1.02 bits per heavy atom. The Labute approximate surface area is 271 Å². The van der Waals surface area contributed by atoms with Gasteiger partial charge in [-0.25, -0.2) is 4.98 Å². The number of hydrogen-bond acceptors (Lipinski definition) is 8. The molecule has 3 N–H and O–H groups in total. The molecule has 0 bridgehead atoms. The van der Waals surface area contributed by atoms with Crippen molar-refractivity contribution in [2.45, 2.75) is 30.9 Å². The third-order valence-corrected chi connectivity index (χ3v) is 9.75. The van der Waals surface area contributed by atoms with Crippen LogP contribution in [0.25, 0.3) is 10.4 Å². The molecule has 4 aromatic rings. The number of rotatable bonds is 8. The first-order chi connectivity index (χ1) is 22.2. The van der Waals surface area contributed by atoms with Crippen LogP contribution in [0.1, 0.15) is 48.8 Å². The van der Waals surface area contributed by atoms with Crippen LogP contribution in [0.5, 0.6) is 0 Å². The lowest BCUT2D eigenvalue weighted by Gasteiger charge is -2.48. The summed E-state index contributed by atoms with van der Waals surface area (Å²) in [6.07, 6.45) is 4.35. The van der Waals surface area contributed by atoms with Gasteiger partial charge < -0.3 is 30.4 Å². The molecule has 236 valence electrons. The maximum Gasteiger partial charge on any atom is 0.261 e. The quantitative estimate of drug-likeness (QED) is 0.265. The Hall–Kier alpha value is -4.58. The van der Waals surface area contributed by atoms with Gasteiger partial charge in [0.15, 0.2) is 0 Å². The van der Waals surface area contributed by atoms with Gasteiger partial charge in [-0.2, -0.15) is 0 Å². The van der Waals surface area contributed by atoms with Gasteiger partial charge in [0, 0.05) is 47.0 Å². The first kappa shape index (κ1) is 30.1. The van der Waals surface area contributed by atoms with Gasteiger partial charge in [-0.15, -0.1) is 11.3 Å². The molecule has 2 aromatic carbocycles. The second-order valence-electron chi connectivity index (χ2n) is 12.7. The van der Waals surface area contributed by atoms with Crippen molar-refractivity contribution in [2.75, 3.05) is 55.4 Å². The molecule has 1 saturated carbocycles. The molecule has 3 amide bonds. The van der Waals surface area contributed by atoms with Crippen LogP contribution in [-0.2, 0) is 6.42 Å². The van der Waals surface area contributed by atoms with E-state index >= 15 is 0 Å². The van der Waals surface area contributed by atoms with E-state index in [9.17, 15) is 19.5 Å². The monoisotopic (exact) mass is 636 g/mol. The number of hydrogen-bond donors (Lipinski definition) is 3. The summed E-state index contributed by atoms with van der Waals surface area (Å²) < 4.78 is 0. The molecule has 46 heavy (non-hydrogen) atoms. The van der Waals surface area contributed by atoms with E-state index in [1.807, 2.05) is 54.2 Å². The standard InChI is InChI=1S/C35H36N6O4S/c1-39(2)19-35(45)20-40(21-35)31-27(7-5-16-36-31)32(42)37-24-11-9-22(10-12-24)34(44)41-17-15-23-18-29(33(43)38-25-13-14-25)46-30(23)26-6-3-4-8-28(26)41/h3-12,16,18,25,45H,13-15,17,19-21H2,1-2H3,(H,37,42)(H,38,43). The molecule has 0 spiro atoms. The van der Waals surface area contributed by atoms with Crippen LogP contribution >= 0.6 is 11.3 Å². The number of carbonyl (C=O) groups excluding carboxylic acids is 3. The van der Waals surface area contributed by atoms with Crippen molar-refractivity contribution in [1.82, 2.24) is 15.2 Å². The zero-order valence-corrected chi connectivity index (χ0v) is 26.6. The fourth-order valence-corrected chi connectivity index (χ4v) is 7.43. The Bertz CT molecular complexity index is 1810. The summed E-state index contributed by atoms with van der Waals surface area (Å²) in [7, 11) is 3.83. The van der Waals surface area contributed by atoms with Crippen LogP contribution in [0.3, 0.4) is 0 Å². The average Bonchev–Trinajstić information content (AvgIpc) is 3.77. The van der Waals surface area contributed by atoms with E-state index < -0.39 is 5.60 Å². The maximum absolute atomic E-state index is 13.9. The number of aliphatic hydroxyl groups is 1. The minimum atomic E-state index is -0.842. The molecule has 11 heteroatoms. The highest BCUT2D eigenvalue weighted by Gasteiger charge is 2.43. The zero-order chi connectivity index (χ0) is 32.0. The van der Waals surface area contributed by atoms with Gasteiger partial charge >= 0.3 is 0 Å². The highest BCUT2D eigenvalue weighted by molar-refractivity contribution is 7.17. The van der Waals surface area contributed by atoms with E-state index in [0.717, 1.165) is 34.5 Å². The minimum absolute atomic E-state index is 0.0225. The number of pyridine rings is 1. The summed E-state index contributed by atoms with van der Waals surface area (Å²) in [5, 5.41) is 16.8. The SMILES string of the molecule is CN(C)CC1(O)CN(c2ncccc2C(=O)Nc2ccc(C(=O)N3CCc4cc(C(=O)NC5CC5)sc4-c4ccccc43)cc2)C1. The number of fused-ring (bicyclic) bond motifs is 3. The summed E-state index contributed by atoms with van der Waals surface area (Å²) in [5.41, 5.74) is 3.46. The predicted molar refractivity (Wildman–Crippen MR) is 180 cm³/mol. The third-order valence-electron chi connectivity index (χ3n) is 8.54. The van der Waals surface area contributed by atoms with Gasteiger partial charge in [-0.05, 0) is 87.5 Å². The normalized spacial score (nSPS) is 16.6. The molecular formula is C35H36N6O4S. The molecule has 10 nitrogen and oxygen atoms in total. The van der Waals surface area contributed by atoms with Crippen LogP contribution in [0.15, 0.2) is 72.9 Å². The van der Waals surface area contributed by atoms with Gasteiger partial charge in [0.1, 0.15) is 11.4 Å². The number of thiophene rings is 1. The number of benzene rings is 2. The average molecular weight is 637 g/mol. The number of nitrogens with one attached hydrogen (secondary N) is 2. The lowest BCUT2D eigenvalue weighted by Crippen LogP contribution is -2.66. The largest absolute Gasteiger partial charge is 0.385 e. The highest BCUT2D eigenvalue weighted by Crippen LogP contribution is 2.42. The van der Waals surface area contributed by atoms with Crippen molar-refractivity contribution in [3.8, 4) is 10.4 Å². The van der Waals surface area contributed by atoms with Crippen LogP contribution < -0.4 is 20.4 Å². The van der Waals surface area contributed by atoms with Crippen molar-refractivity contribution in [1.29, 1.82) is 0 Å². The smallest absolute Gasteiger partial charge is 0.261 e. The van der Waals surface area contributed by atoms with Gasteiger partial charge in [-0.3, -0.25) is 14.4 Å². The number of aromatic nitrogens is 1. The Kier molecular flexibility index (Phi) is 7.83. The number of anilines is 3. The molecule has 3 aliphatic rings. The predicted octanol–water partition coefficient (Wildman–Crippen LogP) is 4.27. The van der Waals surface area contributed by atoms with E-state index in [1.165, 1.54) is 11.3 Å². The third kappa shape index (κ3) is 6.01. The molecule has 0 atom stereocenters. The number of β-amino-alcohol motifs (C(OH)–C–C–N with tert-alkyl or cyclic N) is 1. The molecule has 4 heterocycles. The topological polar surface area (TPSA) is 118 Å². The Morgan fingerprint density at radius 2 is 1.78 bits per heavy atom. The minimum Gasteiger partial charge on any atom is -0.385 e. The van der Waals surface area contributed by atoms with Crippen LogP contribution in [0.4, 0.5) is 17.2 Å².